The van der Waals surface area contributed by atoms with Crippen LogP contribution in [0.25, 0.3) is 0 Å². The van der Waals surface area contributed by atoms with Gasteiger partial charge in [0.2, 0.25) is 0 Å². The Morgan fingerprint density at radius 3 is 2.76 bits per heavy atom. The summed E-state index contributed by atoms with van der Waals surface area (Å²) in [5, 5.41) is 5.81. The fourth-order valence-electron chi connectivity index (χ4n) is 1.89. The minimum atomic E-state index is 0.327. The molecule has 3 rings (SSSR count). The number of halogens is 1. The van der Waals surface area contributed by atoms with Crippen molar-refractivity contribution in [1.82, 2.24) is 5.32 Å². The summed E-state index contributed by atoms with van der Waals surface area (Å²) in [6, 6.07) is 8.76. The van der Waals surface area contributed by atoms with E-state index in [1.54, 1.807) is 11.3 Å². The average molecular weight is 284 g/mol. The van der Waals surface area contributed by atoms with Crippen LogP contribution in [0.5, 0.6) is 0 Å². The summed E-state index contributed by atoms with van der Waals surface area (Å²) >= 11 is 9.52. The molecule has 1 fully saturated rings. The maximum atomic E-state index is 6.04. The van der Waals surface area contributed by atoms with Crippen LogP contribution in [0, 0.1) is 5.92 Å². The van der Waals surface area contributed by atoms with E-state index in [0.29, 0.717) is 6.04 Å². The van der Waals surface area contributed by atoms with Gasteiger partial charge in [-0.05, 0) is 48.9 Å². The third-order valence-corrected chi connectivity index (χ3v) is 5.25. The maximum Gasteiger partial charge on any atom is 0.0931 e. The Hall–Kier alpha value is -0.350. The molecule has 2 aromatic rings. The highest BCUT2D eigenvalue weighted by Gasteiger charge is 2.24. The number of nitrogens with one attached hydrogen (secondary N) is 1. The van der Waals surface area contributed by atoms with Crippen LogP contribution in [0.3, 0.4) is 0 Å². The molecule has 1 aliphatic carbocycles. The van der Waals surface area contributed by atoms with Crippen molar-refractivity contribution in [3.63, 3.8) is 0 Å². The fourth-order valence-corrected chi connectivity index (χ4v) is 3.93. The molecular weight excluding hydrogens is 270 g/mol. The smallest absolute Gasteiger partial charge is 0.0931 e. The van der Waals surface area contributed by atoms with E-state index in [9.17, 15) is 0 Å². The van der Waals surface area contributed by atoms with E-state index in [4.69, 9.17) is 11.6 Å². The zero-order valence-corrected chi connectivity index (χ0v) is 11.7. The molecule has 1 aliphatic rings. The van der Waals surface area contributed by atoms with Crippen LogP contribution in [0.15, 0.2) is 29.6 Å². The van der Waals surface area contributed by atoms with E-state index < -0.39 is 0 Å². The second-order valence-electron chi connectivity index (χ2n) is 4.44. The highest BCUT2D eigenvalue weighted by Crippen LogP contribution is 2.34. The Balaban J connectivity index is 1.79. The molecule has 0 aliphatic heterocycles. The molecule has 90 valence electrons. The van der Waals surface area contributed by atoms with Gasteiger partial charge in [0, 0.05) is 9.75 Å². The van der Waals surface area contributed by atoms with Gasteiger partial charge in [0.05, 0.1) is 10.4 Å². The van der Waals surface area contributed by atoms with Crippen LogP contribution < -0.4 is 5.32 Å². The van der Waals surface area contributed by atoms with Crippen molar-refractivity contribution in [2.75, 3.05) is 6.54 Å². The van der Waals surface area contributed by atoms with Gasteiger partial charge in [-0.25, -0.2) is 0 Å². The van der Waals surface area contributed by atoms with Gasteiger partial charge < -0.3 is 5.32 Å². The molecule has 1 nitrogen and oxygen atoms in total. The lowest BCUT2D eigenvalue weighted by molar-refractivity contribution is 0.586. The van der Waals surface area contributed by atoms with Crippen molar-refractivity contribution >= 4 is 34.3 Å². The first-order valence-corrected chi connectivity index (χ1v) is 7.92. The van der Waals surface area contributed by atoms with Crippen molar-refractivity contribution in [3.05, 3.63) is 43.7 Å². The molecule has 2 heterocycles. The summed E-state index contributed by atoms with van der Waals surface area (Å²) in [4.78, 5) is 2.70. The molecular formula is C13H14ClNS2. The zero-order chi connectivity index (χ0) is 11.7. The molecule has 0 bridgehead atoms. The molecule has 0 amide bonds. The quantitative estimate of drug-likeness (QED) is 0.849. The third-order valence-electron chi connectivity index (χ3n) is 3.01. The van der Waals surface area contributed by atoms with E-state index >= 15 is 0 Å². The summed E-state index contributed by atoms with van der Waals surface area (Å²) in [6.07, 6.45) is 2.77. The molecule has 17 heavy (non-hydrogen) atoms. The summed E-state index contributed by atoms with van der Waals surface area (Å²) in [5.41, 5.74) is 0. The molecule has 1 N–H and O–H groups in total. The van der Waals surface area contributed by atoms with Crippen LogP contribution in [0.1, 0.15) is 28.6 Å². The minimum absolute atomic E-state index is 0.327. The van der Waals surface area contributed by atoms with Gasteiger partial charge in [-0.3, -0.25) is 0 Å². The van der Waals surface area contributed by atoms with Gasteiger partial charge >= 0.3 is 0 Å². The first-order chi connectivity index (χ1) is 8.33. The van der Waals surface area contributed by atoms with Crippen molar-refractivity contribution in [2.45, 2.75) is 18.9 Å². The molecule has 1 atom stereocenters. The van der Waals surface area contributed by atoms with E-state index in [-0.39, 0.29) is 0 Å². The van der Waals surface area contributed by atoms with Crippen LogP contribution in [-0.2, 0) is 0 Å². The molecule has 1 saturated carbocycles. The predicted octanol–water partition coefficient (Wildman–Crippen LogP) is 4.55. The van der Waals surface area contributed by atoms with E-state index in [1.165, 1.54) is 22.6 Å². The fraction of sp³-hybridized carbons (Fsp3) is 0.385. The number of hydrogen-bond donors (Lipinski definition) is 1. The highest BCUT2D eigenvalue weighted by atomic mass is 35.5. The van der Waals surface area contributed by atoms with Crippen molar-refractivity contribution in [1.29, 1.82) is 0 Å². The van der Waals surface area contributed by atoms with Crippen LogP contribution in [0.2, 0.25) is 4.34 Å². The molecule has 0 radical (unpaired) electrons. The topological polar surface area (TPSA) is 12.0 Å². The van der Waals surface area contributed by atoms with Gasteiger partial charge in [-0.2, -0.15) is 0 Å². The van der Waals surface area contributed by atoms with E-state index in [0.717, 1.165) is 16.8 Å². The molecule has 0 aromatic carbocycles. The van der Waals surface area contributed by atoms with Crippen molar-refractivity contribution in [2.24, 2.45) is 5.92 Å². The normalized spacial score (nSPS) is 17.2. The first-order valence-electron chi connectivity index (χ1n) is 5.85. The monoisotopic (exact) mass is 283 g/mol. The predicted molar refractivity (Wildman–Crippen MR) is 76.2 cm³/mol. The van der Waals surface area contributed by atoms with Crippen LogP contribution in [-0.4, -0.2) is 6.54 Å². The highest BCUT2D eigenvalue weighted by molar-refractivity contribution is 7.16. The molecule has 1 unspecified atom stereocenters. The van der Waals surface area contributed by atoms with Gasteiger partial charge in [-0.1, -0.05) is 17.7 Å². The standard InChI is InChI=1S/C13H14ClNS2/c14-12-6-5-11(17-12)13(10-2-1-7-16-10)15-8-9-3-4-9/h1-2,5-7,9,13,15H,3-4,8H2. The minimum Gasteiger partial charge on any atom is -0.305 e. The van der Waals surface area contributed by atoms with Crippen molar-refractivity contribution in [3.8, 4) is 0 Å². The lowest BCUT2D eigenvalue weighted by Gasteiger charge is -2.15. The second kappa shape index (κ2) is 5.11. The summed E-state index contributed by atoms with van der Waals surface area (Å²) in [6.45, 7) is 1.12. The van der Waals surface area contributed by atoms with Gasteiger partial charge in [0.1, 0.15) is 0 Å². The van der Waals surface area contributed by atoms with E-state index in [1.807, 2.05) is 17.4 Å². The largest absolute Gasteiger partial charge is 0.305 e. The summed E-state index contributed by atoms with van der Waals surface area (Å²) in [5.74, 6) is 0.896. The zero-order valence-electron chi connectivity index (χ0n) is 9.36. The van der Waals surface area contributed by atoms with E-state index in [2.05, 4.69) is 28.9 Å². The lowest BCUT2D eigenvalue weighted by atomic mass is 10.2. The Morgan fingerprint density at radius 1 is 1.29 bits per heavy atom. The average Bonchev–Trinajstić information content (AvgIpc) is 2.81. The van der Waals surface area contributed by atoms with Gasteiger partial charge in [0.25, 0.3) is 0 Å². The van der Waals surface area contributed by atoms with Crippen LogP contribution >= 0.6 is 34.3 Å². The molecule has 0 spiro atoms. The van der Waals surface area contributed by atoms with Gasteiger partial charge in [0.15, 0.2) is 0 Å². The maximum absolute atomic E-state index is 6.04. The summed E-state index contributed by atoms with van der Waals surface area (Å²) in [7, 11) is 0. The number of rotatable bonds is 5. The lowest BCUT2D eigenvalue weighted by Crippen LogP contribution is -2.23. The third kappa shape index (κ3) is 2.91. The number of hydrogen-bond acceptors (Lipinski definition) is 3. The van der Waals surface area contributed by atoms with Gasteiger partial charge in [-0.15, -0.1) is 22.7 Å². The molecule has 0 saturated heterocycles. The van der Waals surface area contributed by atoms with Crippen LogP contribution in [0.4, 0.5) is 0 Å². The Morgan fingerprint density at radius 2 is 2.18 bits per heavy atom. The Labute approximate surface area is 114 Å². The molecule has 4 heteroatoms. The summed E-state index contributed by atoms with van der Waals surface area (Å²) < 4.78 is 0.870. The Bertz CT molecular complexity index is 473. The molecule has 2 aromatic heterocycles. The van der Waals surface area contributed by atoms with Crippen molar-refractivity contribution < 1.29 is 0 Å². The first kappa shape index (κ1) is 11.7. The number of thiophene rings is 2. The second-order valence-corrected chi connectivity index (χ2v) is 7.17. The Kier molecular flexibility index (Phi) is 3.52. The SMILES string of the molecule is Clc1ccc(C(NCC2CC2)c2cccs2)s1.